The van der Waals surface area contributed by atoms with E-state index >= 15 is 0 Å². The second kappa shape index (κ2) is 6.64. The maximum atomic E-state index is 13.1. The number of fused-ring (bicyclic) bond motifs is 1. The summed E-state index contributed by atoms with van der Waals surface area (Å²) in [5.74, 6) is -0.929. The molecule has 1 heterocycles. The number of amides is 1. The molecule has 0 aliphatic rings. The number of halogens is 2. The van der Waals surface area contributed by atoms with Gasteiger partial charge in [-0.1, -0.05) is 11.6 Å². The average Bonchev–Trinajstić information content (AvgIpc) is 2.57. The molecule has 3 rings (SSSR count). The van der Waals surface area contributed by atoms with E-state index in [1.165, 1.54) is 19.2 Å². The topological polar surface area (TPSA) is 64.1 Å². The molecule has 3 aromatic rings. The van der Waals surface area contributed by atoms with Crippen LogP contribution >= 0.6 is 11.6 Å². The molecule has 25 heavy (non-hydrogen) atoms. The van der Waals surface area contributed by atoms with Crippen LogP contribution in [0.15, 0.2) is 30.3 Å². The number of hydrogen-bond acceptors (Lipinski definition) is 4. The third kappa shape index (κ3) is 3.39. The molecule has 128 valence electrons. The van der Waals surface area contributed by atoms with Crippen LogP contribution < -0.4 is 10.1 Å². The summed E-state index contributed by atoms with van der Waals surface area (Å²) >= 11 is 5.95. The molecule has 0 radical (unpaired) electrons. The largest absolute Gasteiger partial charge is 0.479 e. The zero-order valence-corrected chi connectivity index (χ0v) is 14.6. The Morgan fingerprint density at radius 1 is 1.12 bits per heavy atom. The predicted octanol–water partition coefficient (Wildman–Crippen LogP) is 4.30. The van der Waals surface area contributed by atoms with Crippen molar-refractivity contribution in [2.24, 2.45) is 0 Å². The molecule has 1 N–H and O–H groups in total. The fourth-order valence-electron chi connectivity index (χ4n) is 2.36. The Morgan fingerprint density at radius 2 is 1.76 bits per heavy atom. The summed E-state index contributed by atoms with van der Waals surface area (Å²) in [5.41, 5.74) is 3.63. The van der Waals surface area contributed by atoms with Gasteiger partial charge in [0.15, 0.2) is 5.69 Å². The van der Waals surface area contributed by atoms with Crippen molar-refractivity contribution >= 4 is 34.2 Å². The quantitative estimate of drug-likeness (QED) is 0.757. The third-order valence-electron chi connectivity index (χ3n) is 3.84. The Kier molecular flexibility index (Phi) is 4.55. The van der Waals surface area contributed by atoms with Crippen LogP contribution in [0.2, 0.25) is 5.02 Å². The van der Waals surface area contributed by atoms with E-state index in [4.69, 9.17) is 16.3 Å². The molecule has 1 amide bonds. The minimum atomic E-state index is -0.544. The van der Waals surface area contributed by atoms with Gasteiger partial charge < -0.3 is 10.1 Å². The molecule has 0 unspecified atom stereocenters. The number of anilines is 1. The highest BCUT2D eigenvalue weighted by Crippen LogP contribution is 2.25. The first kappa shape index (κ1) is 17.1. The van der Waals surface area contributed by atoms with Crippen molar-refractivity contribution in [3.8, 4) is 5.88 Å². The van der Waals surface area contributed by atoms with Crippen LogP contribution in [-0.2, 0) is 0 Å². The van der Waals surface area contributed by atoms with Crippen LogP contribution in [0, 0.1) is 19.7 Å². The van der Waals surface area contributed by atoms with E-state index < -0.39 is 11.7 Å². The van der Waals surface area contributed by atoms with Gasteiger partial charge in [-0.2, -0.15) is 0 Å². The van der Waals surface area contributed by atoms with Gasteiger partial charge in [0.25, 0.3) is 5.91 Å². The monoisotopic (exact) mass is 359 g/mol. The second-order valence-corrected chi connectivity index (χ2v) is 5.99. The minimum absolute atomic E-state index is 0.0265. The first-order valence-electron chi connectivity index (χ1n) is 7.48. The second-order valence-electron chi connectivity index (χ2n) is 5.58. The van der Waals surface area contributed by atoms with E-state index in [1.807, 2.05) is 26.0 Å². The summed E-state index contributed by atoms with van der Waals surface area (Å²) in [7, 11) is 1.42. The molecule has 5 nitrogen and oxygen atoms in total. The van der Waals surface area contributed by atoms with Gasteiger partial charge in [-0.15, -0.1) is 0 Å². The van der Waals surface area contributed by atoms with E-state index in [-0.39, 0.29) is 22.3 Å². The predicted molar refractivity (Wildman–Crippen MR) is 94.9 cm³/mol. The molecular formula is C18H15ClFN3O2. The SMILES string of the molecule is COc1nc2cc(C)c(C)cc2nc1C(=O)Nc1ccc(F)cc1Cl. The zero-order valence-electron chi connectivity index (χ0n) is 13.9. The van der Waals surface area contributed by atoms with E-state index in [2.05, 4.69) is 15.3 Å². The molecule has 0 bridgehead atoms. The number of carbonyl (C=O) groups is 1. The van der Waals surface area contributed by atoms with Gasteiger partial charge in [0, 0.05) is 0 Å². The van der Waals surface area contributed by atoms with E-state index in [1.54, 1.807) is 0 Å². The fraction of sp³-hybridized carbons (Fsp3) is 0.167. The van der Waals surface area contributed by atoms with Crippen LogP contribution in [0.5, 0.6) is 5.88 Å². The molecule has 0 saturated heterocycles. The number of nitrogens with one attached hydrogen (secondary N) is 1. The number of nitrogens with zero attached hydrogens (tertiary/aromatic N) is 2. The summed E-state index contributed by atoms with van der Waals surface area (Å²) in [6.07, 6.45) is 0. The summed E-state index contributed by atoms with van der Waals surface area (Å²) in [5, 5.41) is 2.69. The molecule has 0 fully saturated rings. The highest BCUT2D eigenvalue weighted by molar-refractivity contribution is 6.33. The molecule has 0 aliphatic carbocycles. The van der Waals surface area contributed by atoms with Crippen LogP contribution in [-0.4, -0.2) is 23.0 Å². The number of benzene rings is 2. The third-order valence-corrected chi connectivity index (χ3v) is 4.15. The highest BCUT2D eigenvalue weighted by atomic mass is 35.5. The van der Waals surface area contributed by atoms with Crippen molar-refractivity contribution < 1.29 is 13.9 Å². The summed E-state index contributed by atoms with van der Waals surface area (Å²) in [6, 6.07) is 7.45. The summed E-state index contributed by atoms with van der Waals surface area (Å²) in [6.45, 7) is 3.93. The molecule has 0 atom stereocenters. The Morgan fingerprint density at radius 3 is 2.36 bits per heavy atom. The van der Waals surface area contributed by atoms with Gasteiger partial charge in [0.1, 0.15) is 5.82 Å². The van der Waals surface area contributed by atoms with E-state index in [0.29, 0.717) is 11.0 Å². The maximum absolute atomic E-state index is 13.1. The molecule has 0 saturated carbocycles. The Labute approximate surface area is 148 Å². The molecule has 1 aromatic heterocycles. The van der Waals surface area contributed by atoms with E-state index in [9.17, 15) is 9.18 Å². The molecule has 7 heteroatoms. The standard InChI is InChI=1S/C18H15ClFN3O2/c1-9-6-14-15(7-10(9)2)23-18(25-3)16(21-14)17(24)22-13-5-4-11(20)8-12(13)19/h4-8H,1-3H3,(H,22,24). The Hall–Kier alpha value is -2.73. The fourth-order valence-corrected chi connectivity index (χ4v) is 2.57. The van der Waals surface area contributed by atoms with Crippen LogP contribution in [0.4, 0.5) is 10.1 Å². The van der Waals surface area contributed by atoms with Crippen LogP contribution in [0.25, 0.3) is 11.0 Å². The van der Waals surface area contributed by atoms with E-state index in [0.717, 1.165) is 17.2 Å². The minimum Gasteiger partial charge on any atom is -0.479 e. The summed E-state index contributed by atoms with van der Waals surface area (Å²) < 4.78 is 18.3. The average molecular weight is 360 g/mol. The number of carbonyl (C=O) groups excluding carboxylic acids is 1. The molecule has 0 aliphatic heterocycles. The summed E-state index contributed by atoms with van der Waals surface area (Å²) in [4.78, 5) is 21.3. The van der Waals surface area contributed by atoms with Crippen LogP contribution in [0.1, 0.15) is 21.6 Å². The number of rotatable bonds is 3. The van der Waals surface area contributed by atoms with Gasteiger partial charge in [-0.3, -0.25) is 4.79 Å². The lowest BCUT2D eigenvalue weighted by atomic mass is 10.1. The molecule has 0 spiro atoms. The number of aryl methyl sites for hydroxylation is 2. The van der Waals surface area contributed by atoms with Crippen molar-refractivity contribution in [1.82, 2.24) is 9.97 Å². The van der Waals surface area contributed by atoms with Crippen LogP contribution in [0.3, 0.4) is 0 Å². The smallest absolute Gasteiger partial charge is 0.279 e. The Balaban J connectivity index is 2.03. The number of ether oxygens (including phenoxy) is 1. The zero-order chi connectivity index (χ0) is 18.1. The van der Waals surface area contributed by atoms with Gasteiger partial charge in [0.05, 0.1) is 28.9 Å². The lowest BCUT2D eigenvalue weighted by molar-refractivity contribution is 0.101. The van der Waals surface area contributed by atoms with Crippen molar-refractivity contribution in [2.75, 3.05) is 12.4 Å². The number of hydrogen-bond donors (Lipinski definition) is 1. The normalized spacial score (nSPS) is 10.8. The van der Waals surface area contributed by atoms with Crippen molar-refractivity contribution in [3.63, 3.8) is 0 Å². The lowest BCUT2D eigenvalue weighted by Crippen LogP contribution is -2.16. The van der Waals surface area contributed by atoms with Crippen molar-refractivity contribution in [1.29, 1.82) is 0 Å². The van der Waals surface area contributed by atoms with Crippen molar-refractivity contribution in [2.45, 2.75) is 13.8 Å². The Bertz CT molecular complexity index is 992. The first-order valence-corrected chi connectivity index (χ1v) is 7.86. The highest BCUT2D eigenvalue weighted by Gasteiger charge is 2.19. The van der Waals surface area contributed by atoms with Gasteiger partial charge in [-0.25, -0.2) is 14.4 Å². The molecule has 2 aromatic carbocycles. The maximum Gasteiger partial charge on any atom is 0.279 e. The van der Waals surface area contributed by atoms with Crippen molar-refractivity contribution in [3.05, 3.63) is 58.0 Å². The number of methoxy groups -OCH3 is 1. The van der Waals surface area contributed by atoms with Gasteiger partial charge in [0.2, 0.25) is 5.88 Å². The first-order chi connectivity index (χ1) is 11.9. The lowest BCUT2D eigenvalue weighted by Gasteiger charge is -2.11. The number of aromatic nitrogens is 2. The van der Waals surface area contributed by atoms with Gasteiger partial charge >= 0.3 is 0 Å². The molecular weight excluding hydrogens is 345 g/mol. The van der Waals surface area contributed by atoms with Gasteiger partial charge in [-0.05, 0) is 55.3 Å².